The first-order chi connectivity index (χ1) is 15.1. The number of rotatable bonds is 7. The highest BCUT2D eigenvalue weighted by Crippen LogP contribution is 2.37. The Kier molecular flexibility index (Phi) is 6.27. The second-order valence-electron chi connectivity index (χ2n) is 6.76. The van der Waals surface area contributed by atoms with Gasteiger partial charge in [0.25, 0.3) is 0 Å². The maximum absolute atomic E-state index is 11.0. The van der Waals surface area contributed by atoms with Crippen molar-refractivity contribution in [2.24, 2.45) is 4.99 Å². The molecule has 0 aliphatic rings. The summed E-state index contributed by atoms with van der Waals surface area (Å²) in [6, 6.07) is 20.1. The number of carboxylic acid groups (broad SMARTS) is 1. The Morgan fingerprint density at radius 2 is 1.97 bits per heavy atom. The molecule has 31 heavy (non-hydrogen) atoms. The predicted molar refractivity (Wildman–Crippen MR) is 126 cm³/mol. The lowest BCUT2D eigenvalue weighted by molar-refractivity contribution is -0.139. The van der Waals surface area contributed by atoms with E-state index in [9.17, 15) is 4.79 Å². The summed E-state index contributed by atoms with van der Waals surface area (Å²) in [7, 11) is 0. The third-order valence-electron chi connectivity index (χ3n) is 4.69. The summed E-state index contributed by atoms with van der Waals surface area (Å²) in [5.41, 5.74) is 3.39. The van der Waals surface area contributed by atoms with Gasteiger partial charge in [0, 0.05) is 17.2 Å². The second kappa shape index (κ2) is 9.26. The van der Waals surface area contributed by atoms with Gasteiger partial charge in [-0.1, -0.05) is 60.1 Å². The lowest BCUT2D eigenvalue weighted by Gasteiger charge is -2.11. The lowest BCUT2D eigenvalue weighted by atomic mass is 10.0. The Balaban J connectivity index is 1.65. The van der Waals surface area contributed by atoms with Gasteiger partial charge in [-0.2, -0.15) is 4.37 Å². The van der Waals surface area contributed by atoms with E-state index in [-0.39, 0.29) is 0 Å². The smallest absolute Gasteiger partial charge is 0.330 e. The van der Waals surface area contributed by atoms with Crippen LogP contribution < -0.4 is 5.32 Å². The molecule has 0 aliphatic heterocycles. The monoisotopic (exact) mass is 451 g/mol. The van der Waals surface area contributed by atoms with E-state index < -0.39 is 18.6 Å². The Labute approximate surface area is 187 Å². The lowest BCUT2D eigenvalue weighted by Crippen LogP contribution is -2.22. The van der Waals surface area contributed by atoms with E-state index >= 15 is 0 Å². The number of aliphatic carboxylic acids is 1. The van der Waals surface area contributed by atoms with Crippen molar-refractivity contribution < 1.29 is 15.0 Å². The molecule has 0 fully saturated rings. The minimum Gasteiger partial charge on any atom is -0.480 e. The van der Waals surface area contributed by atoms with Crippen molar-refractivity contribution in [1.82, 2.24) is 4.37 Å². The van der Waals surface area contributed by atoms with Crippen LogP contribution in [0.4, 0.5) is 11.5 Å². The number of carboxylic acids is 1. The standard InChI is InChI=1S/C23H18ClN3O3S/c24-21-16(15-5-2-1-3-6-15)7-4-8-18(21)26-22-17-11-14(9-10-20(17)31-27-22)12-25-19(13-28)23(29)30/h1-12,19,28H,13H2,(H,26,27)(H,29,30)/t19-/m1/s1. The van der Waals surface area contributed by atoms with Gasteiger partial charge in [0.2, 0.25) is 0 Å². The number of aliphatic hydroxyl groups is 1. The average molecular weight is 452 g/mol. The molecule has 0 saturated heterocycles. The zero-order chi connectivity index (χ0) is 21.8. The van der Waals surface area contributed by atoms with Crippen molar-refractivity contribution in [3.8, 4) is 11.1 Å². The fraction of sp³-hybridized carbons (Fsp3) is 0.0870. The Morgan fingerprint density at radius 3 is 2.71 bits per heavy atom. The molecule has 0 unspecified atom stereocenters. The summed E-state index contributed by atoms with van der Waals surface area (Å²) in [6.45, 7) is -0.558. The molecule has 3 aromatic carbocycles. The van der Waals surface area contributed by atoms with Crippen LogP contribution in [0.25, 0.3) is 21.2 Å². The molecule has 4 aromatic rings. The number of hydrogen-bond donors (Lipinski definition) is 3. The van der Waals surface area contributed by atoms with Gasteiger partial charge >= 0.3 is 5.97 Å². The predicted octanol–water partition coefficient (Wildman–Crippen LogP) is 5.22. The van der Waals surface area contributed by atoms with Crippen molar-refractivity contribution >= 4 is 56.9 Å². The van der Waals surface area contributed by atoms with Gasteiger partial charge in [-0.25, -0.2) is 4.79 Å². The third-order valence-corrected chi connectivity index (χ3v) is 5.93. The molecule has 0 saturated carbocycles. The first-order valence-electron chi connectivity index (χ1n) is 9.44. The molecular weight excluding hydrogens is 434 g/mol. The fourth-order valence-corrected chi connectivity index (χ4v) is 4.09. The summed E-state index contributed by atoms with van der Waals surface area (Å²) in [5.74, 6) is -0.522. The van der Waals surface area contributed by atoms with E-state index in [1.54, 1.807) is 0 Å². The van der Waals surface area contributed by atoms with E-state index in [1.165, 1.54) is 17.7 Å². The van der Waals surface area contributed by atoms with Crippen LogP contribution in [0.5, 0.6) is 0 Å². The number of nitrogens with zero attached hydrogens (tertiary/aromatic N) is 2. The molecule has 1 atom stereocenters. The molecular formula is C23H18ClN3O3S. The summed E-state index contributed by atoms with van der Waals surface area (Å²) >= 11 is 8.03. The van der Waals surface area contributed by atoms with Crippen molar-refractivity contribution in [3.05, 3.63) is 77.3 Å². The zero-order valence-electron chi connectivity index (χ0n) is 16.2. The molecule has 156 valence electrons. The summed E-state index contributed by atoms with van der Waals surface area (Å²) in [6.07, 6.45) is 1.44. The Hall–Kier alpha value is -3.26. The van der Waals surface area contributed by atoms with Gasteiger partial charge in [0.15, 0.2) is 11.9 Å². The third kappa shape index (κ3) is 4.59. The van der Waals surface area contributed by atoms with E-state index in [0.717, 1.165) is 26.9 Å². The molecule has 1 heterocycles. The number of aromatic nitrogens is 1. The fourth-order valence-electron chi connectivity index (χ4n) is 3.09. The van der Waals surface area contributed by atoms with Crippen LogP contribution >= 0.6 is 23.1 Å². The number of aliphatic hydroxyl groups excluding tert-OH is 1. The topological polar surface area (TPSA) is 94.8 Å². The maximum atomic E-state index is 11.0. The SMILES string of the molecule is O=C(O)[C@@H](CO)N=Cc1ccc2snc(Nc3cccc(-c4ccccc4)c3Cl)c2c1. The summed E-state index contributed by atoms with van der Waals surface area (Å²) < 4.78 is 5.47. The maximum Gasteiger partial charge on any atom is 0.330 e. The highest BCUT2D eigenvalue weighted by Gasteiger charge is 2.14. The van der Waals surface area contributed by atoms with Gasteiger partial charge in [-0.05, 0) is 40.9 Å². The second-order valence-corrected chi connectivity index (χ2v) is 7.94. The number of nitrogens with one attached hydrogen (secondary N) is 1. The molecule has 8 heteroatoms. The van der Waals surface area contributed by atoms with Gasteiger partial charge in [0.05, 0.1) is 22.0 Å². The van der Waals surface area contributed by atoms with Crippen LogP contribution in [0.15, 0.2) is 71.7 Å². The Morgan fingerprint density at radius 1 is 1.16 bits per heavy atom. The highest BCUT2D eigenvalue weighted by molar-refractivity contribution is 7.13. The van der Waals surface area contributed by atoms with E-state index in [0.29, 0.717) is 16.4 Å². The molecule has 3 N–H and O–H groups in total. The van der Waals surface area contributed by atoms with E-state index in [2.05, 4.69) is 14.7 Å². The van der Waals surface area contributed by atoms with Crippen molar-refractivity contribution in [2.75, 3.05) is 11.9 Å². The largest absolute Gasteiger partial charge is 0.480 e. The van der Waals surface area contributed by atoms with Gasteiger partial charge in [0.1, 0.15) is 0 Å². The molecule has 0 radical (unpaired) electrons. The number of benzene rings is 3. The summed E-state index contributed by atoms with van der Waals surface area (Å²) in [5, 5.41) is 22.9. The van der Waals surface area contributed by atoms with Crippen LogP contribution in [0.3, 0.4) is 0 Å². The molecule has 6 nitrogen and oxygen atoms in total. The molecule has 0 bridgehead atoms. The van der Waals surface area contributed by atoms with Crippen molar-refractivity contribution in [2.45, 2.75) is 6.04 Å². The van der Waals surface area contributed by atoms with Gasteiger partial charge in [-0.15, -0.1) is 0 Å². The van der Waals surface area contributed by atoms with E-state index in [1.807, 2.05) is 66.7 Å². The van der Waals surface area contributed by atoms with Crippen LogP contribution in [-0.2, 0) is 4.79 Å². The number of carbonyl (C=O) groups is 1. The molecule has 0 amide bonds. The molecule has 0 spiro atoms. The number of hydrogen-bond acceptors (Lipinski definition) is 6. The van der Waals surface area contributed by atoms with Crippen molar-refractivity contribution in [1.29, 1.82) is 0 Å². The zero-order valence-corrected chi connectivity index (χ0v) is 17.8. The number of anilines is 2. The first kappa shape index (κ1) is 21.0. The van der Waals surface area contributed by atoms with Crippen LogP contribution in [-0.4, -0.2) is 39.4 Å². The molecule has 1 aromatic heterocycles. The highest BCUT2D eigenvalue weighted by atomic mass is 35.5. The Bertz CT molecular complexity index is 1260. The van der Waals surface area contributed by atoms with Gasteiger partial charge < -0.3 is 15.5 Å². The van der Waals surface area contributed by atoms with Crippen LogP contribution in [0, 0.1) is 0 Å². The van der Waals surface area contributed by atoms with Gasteiger partial charge in [-0.3, -0.25) is 4.99 Å². The van der Waals surface area contributed by atoms with Crippen molar-refractivity contribution in [3.63, 3.8) is 0 Å². The van der Waals surface area contributed by atoms with E-state index in [4.69, 9.17) is 21.8 Å². The quantitative estimate of drug-likeness (QED) is 0.335. The van der Waals surface area contributed by atoms with Crippen LogP contribution in [0.1, 0.15) is 5.56 Å². The number of fused-ring (bicyclic) bond motifs is 1. The first-order valence-corrected chi connectivity index (χ1v) is 10.6. The minimum absolute atomic E-state index is 0.558. The minimum atomic E-state index is -1.19. The number of halogens is 1. The summed E-state index contributed by atoms with van der Waals surface area (Å²) in [4.78, 5) is 15.0. The average Bonchev–Trinajstić information content (AvgIpc) is 3.18. The normalized spacial score (nSPS) is 12.3. The number of aliphatic imine (C=N–C) groups is 1. The molecule has 0 aliphatic carbocycles. The van der Waals surface area contributed by atoms with Crippen LogP contribution in [0.2, 0.25) is 5.02 Å². The molecule has 4 rings (SSSR count).